The standard InChI is InChI=1S/C15H11ClN4O3/c1-23-11-5-3-2-4-10(11)18-19-14-13(15(21)22)17-12-7-6-9(16)8-20(12)14/h2-8H,1H3,(H,21,22). The van der Waals surface area contributed by atoms with E-state index in [0.717, 1.165) is 0 Å². The molecular weight excluding hydrogens is 320 g/mol. The van der Waals surface area contributed by atoms with Gasteiger partial charge in [-0.15, -0.1) is 10.2 Å². The molecule has 23 heavy (non-hydrogen) atoms. The van der Waals surface area contributed by atoms with Gasteiger partial charge in [0.1, 0.15) is 17.1 Å². The summed E-state index contributed by atoms with van der Waals surface area (Å²) in [6, 6.07) is 10.2. The Morgan fingerprint density at radius 2 is 2.04 bits per heavy atom. The molecule has 0 atom stereocenters. The lowest BCUT2D eigenvalue weighted by molar-refractivity contribution is 0.0692. The summed E-state index contributed by atoms with van der Waals surface area (Å²) in [6.45, 7) is 0. The van der Waals surface area contributed by atoms with E-state index in [4.69, 9.17) is 16.3 Å². The van der Waals surface area contributed by atoms with Gasteiger partial charge >= 0.3 is 5.97 Å². The van der Waals surface area contributed by atoms with Gasteiger partial charge in [-0.2, -0.15) is 0 Å². The third-order valence-corrected chi connectivity index (χ3v) is 3.32. The highest BCUT2D eigenvalue weighted by atomic mass is 35.5. The van der Waals surface area contributed by atoms with Crippen molar-refractivity contribution in [2.24, 2.45) is 10.2 Å². The molecule has 0 aliphatic rings. The monoisotopic (exact) mass is 330 g/mol. The van der Waals surface area contributed by atoms with E-state index in [-0.39, 0.29) is 11.5 Å². The minimum atomic E-state index is -1.20. The van der Waals surface area contributed by atoms with Crippen LogP contribution in [0.5, 0.6) is 5.75 Å². The molecule has 8 heteroatoms. The van der Waals surface area contributed by atoms with Crippen LogP contribution in [0.3, 0.4) is 0 Å². The van der Waals surface area contributed by atoms with Crippen molar-refractivity contribution in [3.05, 3.63) is 53.3 Å². The number of carboxylic acids is 1. The lowest BCUT2D eigenvalue weighted by atomic mass is 10.3. The number of nitrogens with zero attached hydrogens (tertiary/aromatic N) is 4. The third kappa shape index (κ3) is 2.86. The summed E-state index contributed by atoms with van der Waals surface area (Å²) in [5, 5.41) is 17.8. The first-order chi connectivity index (χ1) is 11.1. The van der Waals surface area contributed by atoms with Crippen molar-refractivity contribution >= 4 is 34.7 Å². The molecule has 0 spiro atoms. The zero-order chi connectivity index (χ0) is 16.4. The molecule has 0 radical (unpaired) electrons. The molecule has 0 aliphatic carbocycles. The number of para-hydroxylation sites is 1. The molecule has 3 rings (SSSR count). The molecule has 0 fully saturated rings. The topological polar surface area (TPSA) is 88.5 Å². The van der Waals surface area contributed by atoms with Crippen LogP contribution in [0, 0.1) is 0 Å². The predicted octanol–water partition coefficient (Wildman–Crippen LogP) is 4.11. The molecule has 0 saturated carbocycles. The summed E-state index contributed by atoms with van der Waals surface area (Å²) in [6.07, 6.45) is 1.53. The minimum absolute atomic E-state index is 0.0842. The van der Waals surface area contributed by atoms with Crippen molar-refractivity contribution in [1.29, 1.82) is 0 Å². The molecule has 116 valence electrons. The zero-order valence-electron chi connectivity index (χ0n) is 12.0. The molecule has 0 unspecified atom stereocenters. The Balaban J connectivity index is 2.14. The molecule has 2 aromatic heterocycles. The molecular formula is C15H11ClN4O3. The number of imidazole rings is 1. The first-order valence-electron chi connectivity index (χ1n) is 6.56. The zero-order valence-corrected chi connectivity index (χ0v) is 12.7. The average Bonchev–Trinajstić information content (AvgIpc) is 2.91. The van der Waals surface area contributed by atoms with Gasteiger partial charge in [0.25, 0.3) is 0 Å². The molecule has 7 nitrogen and oxygen atoms in total. The summed E-state index contributed by atoms with van der Waals surface area (Å²) in [4.78, 5) is 15.4. The van der Waals surface area contributed by atoms with Gasteiger partial charge < -0.3 is 9.84 Å². The third-order valence-electron chi connectivity index (χ3n) is 3.10. The van der Waals surface area contributed by atoms with Gasteiger partial charge in [0.05, 0.1) is 12.1 Å². The molecule has 0 aliphatic heterocycles. The number of benzene rings is 1. The van der Waals surface area contributed by atoms with Crippen molar-refractivity contribution in [3.8, 4) is 5.75 Å². The summed E-state index contributed by atoms with van der Waals surface area (Å²) < 4.78 is 6.66. The Hall–Kier alpha value is -2.93. The summed E-state index contributed by atoms with van der Waals surface area (Å²) in [5.41, 5.74) is 0.690. The smallest absolute Gasteiger partial charge is 0.358 e. The lowest BCUT2D eigenvalue weighted by Crippen LogP contribution is -1.96. The van der Waals surface area contributed by atoms with Gasteiger partial charge in [-0.25, -0.2) is 9.78 Å². The van der Waals surface area contributed by atoms with Crippen molar-refractivity contribution in [3.63, 3.8) is 0 Å². The SMILES string of the molecule is COc1ccccc1N=Nc1c(C(=O)O)nc2ccc(Cl)cn12. The van der Waals surface area contributed by atoms with Gasteiger partial charge in [0.2, 0.25) is 0 Å². The summed E-state index contributed by atoms with van der Waals surface area (Å²) in [5.74, 6) is -0.584. The largest absolute Gasteiger partial charge is 0.494 e. The highest BCUT2D eigenvalue weighted by Crippen LogP contribution is 2.30. The van der Waals surface area contributed by atoms with Crippen LogP contribution in [-0.2, 0) is 0 Å². The second kappa shape index (κ2) is 6.05. The molecule has 0 saturated heterocycles. The first-order valence-corrected chi connectivity index (χ1v) is 6.93. The fourth-order valence-corrected chi connectivity index (χ4v) is 2.22. The normalized spacial score (nSPS) is 11.2. The molecule has 0 amide bonds. The first kappa shape index (κ1) is 15.0. The van der Waals surface area contributed by atoms with E-state index >= 15 is 0 Å². The number of azo groups is 1. The van der Waals surface area contributed by atoms with Crippen molar-refractivity contribution < 1.29 is 14.6 Å². The average molecular weight is 331 g/mol. The van der Waals surface area contributed by atoms with Crippen molar-refractivity contribution in [2.75, 3.05) is 7.11 Å². The van der Waals surface area contributed by atoms with E-state index in [9.17, 15) is 9.90 Å². The van der Waals surface area contributed by atoms with Crippen molar-refractivity contribution in [1.82, 2.24) is 9.38 Å². The maximum absolute atomic E-state index is 11.4. The van der Waals surface area contributed by atoms with Crippen LogP contribution < -0.4 is 4.74 Å². The quantitative estimate of drug-likeness (QED) is 0.729. The number of aromatic carboxylic acids is 1. The molecule has 3 aromatic rings. The van der Waals surface area contributed by atoms with Crippen LogP contribution in [-0.4, -0.2) is 27.6 Å². The number of hydrogen-bond donors (Lipinski definition) is 1. The van der Waals surface area contributed by atoms with Crippen LogP contribution in [0.1, 0.15) is 10.5 Å². The highest BCUT2D eigenvalue weighted by molar-refractivity contribution is 6.30. The lowest BCUT2D eigenvalue weighted by Gasteiger charge is -2.02. The van der Waals surface area contributed by atoms with E-state index in [0.29, 0.717) is 22.1 Å². The van der Waals surface area contributed by atoms with Gasteiger partial charge in [0, 0.05) is 6.20 Å². The van der Waals surface area contributed by atoms with Gasteiger partial charge in [-0.1, -0.05) is 23.7 Å². The van der Waals surface area contributed by atoms with Crippen molar-refractivity contribution in [2.45, 2.75) is 0 Å². The number of aromatic nitrogens is 2. The maximum atomic E-state index is 11.4. The van der Waals surface area contributed by atoms with E-state index in [1.165, 1.54) is 17.7 Å². The van der Waals surface area contributed by atoms with Gasteiger partial charge in [0.15, 0.2) is 11.5 Å². The number of carbonyl (C=O) groups is 1. The van der Waals surface area contributed by atoms with E-state index in [1.54, 1.807) is 36.4 Å². The van der Waals surface area contributed by atoms with Crippen LogP contribution in [0.2, 0.25) is 5.02 Å². The van der Waals surface area contributed by atoms with Gasteiger partial charge in [-0.3, -0.25) is 4.40 Å². The number of pyridine rings is 1. The Bertz CT molecular complexity index is 920. The number of fused-ring (bicyclic) bond motifs is 1. The molecule has 0 bridgehead atoms. The van der Waals surface area contributed by atoms with E-state index in [2.05, 4.69) is 15.2 Å². The maximum Gasteiger partial charge on any atom is 0.358 e. The minimum Gasteiger partial charge on any atom is -0.494 e. The number of ether oxygens (including phenoxy) is 1. The summed E-state index contributed by atoms with van der Waals surface area (Å²) >= 11 is 5.96. The van der Waals surface area contributed by atoms with Crippen LogP contribution in [0.4, 0.5) is 11.5 Å². The van der Waals surface area contributed by atoms with Crippen LogP contribution >= 0.6 is 11.6 Å². The van der Waals surface area contributed by atoms with Crippen LogP contribution in [0.15, 0.2) is 52.8 Å². The predicted molar refractivity (Wildman–Crippen MR) is 84.3 cm³/mol. The number of carboxylic acid groups (broad SMARTS) is 1. The molecule has 2 heterocycles. The van der Waals surface area contributed by atoms with E-state index in [1.807, 2.05) is 0 Å². The number of rotatable bonds is 4. The second-order valence-electron chi connectivity index (χ2n) is 4.54. The number of methoxy groups -OCH3 is 1. The fraction of sp³-hybridized carbons (Fsp3) is 0.0667. The molecule has 1 N–H and O–H groups in total. The number of halogens is 1. The summed E-state index contributed by atoms with van der Waals surface area (Å²) in [7, 11) is 1.52. The fourth-order valence-electron chi connectivity index (χ4n) is 2.06. The van der Waals surface area contributed by atoms with Crippen LogP contribution in [0.25, 0.3) is 5.65 Å². The van der Waals surface area contributed by atoms with E-state index < -0.39 is 5.97 Å². The number of hydrogen-bond acceptors (Lipinski definition) is 5. The van der Waals surface area contributed by atoms with Gasteiger partial charge in [-0.05, 0) is 24.3 Å². The Morgan fingerprint density at radius 3 is 2.78 bits per heavy atom. The Kier molecular flexibility index (Phi) is 3.94. The second-order valence-corrected chi connectivity index (χ2v) is 4.97. The Morgan fingerprint density at radius 1 is 1.26 bits per heavy atom. The Labute approximate surface area is 135 Å². The molecule has 1 aromatic carbocycles. The highest BCUT2D eigenvalue weighted by Gasteiger charge is 2.18.